The lowest BCUT2D eigenvalue weighted by Gasteiger charge is -2.15. The molecule has 1 amide bonds. The van der Waals surface area contributed by atoms with E-state index in [0.29, 0.717) is 5.76 Å². The number of pyridine rings is 1. The van der Waals surface area contributed by atoms with Gasteiger partial charge in [0.25, 0.3) is 5.91 Å². The van der Waals surface area contributed by atoms with Crippen molar-refractivity contribution in [2.45, 2.75) is 31.8 Å². The summed E-state index contributed by atoms with van der Waals surface area (Å²) >= 11 is 0. The maximum absolute atomic E-state index is 12.1. The Morgan fingerprint density at radius 2 is 2.08 bits per heavy atom. The number of amides is 1. The van der Waals surface area contributed by atoms with Crippen LogP contribution in [0.4, 0.5) is 0 Å². The first-order valence-electron chi connectivity index (χ1n) is 7.98. The van der Waals surface area contributed by atoms with E-state index in [1.807, 2.05) is 12.1 Å². The number of furan rings is 1. The van der Waals surface area contributed by atoms with Gasteiger partial charge in [0, 0.05) is 37.0 Å². The van der Waals surface area contributed by atoms with E-state index in [0.717, 1.165) is 43.0 Å². The average molecular weight is 323 g/mol. The molecule has 3 aromatic rings. The van der Waals surface area contributed by atoms with Gasteiger partial charge in [0.2, 0.25) is 0 Å². The zero-order valence-corrected chi connectivity index (χ0v) is 13.1. The van der Waals surface area contributed by atoms with Crippen molar-refractivity contribution in [2.24, 2.45) is 0 Å². The normalized spacial score (nSPS) is 17.1. The molecule has 1 atom stereocenters. The largest absolute Gasteiger partial charge is 0.459 e. The van der Waals surface area contributed by atoms with Gasteiger partial charge in [-0.3, -0.25) is 9.78 Å². The van der Waals surface area contributed by atoms with Crippen LogP contribution in [0, 0.1) is 0 Å². The summed E-state index contributed by atoms with van der Waals surface area (Å²) in [6, 6.07) is 7.33. The van der Waals surface area contributed by atoms with Gasteiger partial charge in [0.1, 0.15) is 5.82 Å². The lowest BCUT2D eigenvalue weighted by molar-refractivity contribution is 0.0905. The van der Waals surface area contributed by atoms with E-state index in [1.165, 1.54) is 6.26 Å². The first-order valence-corrected chi connectivity index (χ1v) is 7.98. The van der Waals surface area contributed by atoms with Crippen molar-refractivity contribution in [3.63, 3.8) is 0 Å². The third-order valence-corrected chi connectivity index (χ3v) is 4.26. The molecule has 1 aliphatic rings. The van der Waals surface area contributed by atoms with Gasteiger partial charge in [-0.2, -0.15) is 0 Å². The average Bonchev–Trinajstić information content (AvgIpc) is 3.24. The zero-order chi connectivity index (χ0) is 16.4. The number of hydrogen-bond acceptors (Lipinski definition) is 5. The van der Waals surface area contributed by atoms with Gasteiger partial charge in [-0.1, -0.05) is 0 Å². The van der Waals surface area contributed by atoms with Crippen LogP contribution in [0.25, 0.3) is 11.4 Å². The highest BCUT2D eigenvalue weighted by atomic mass is 16.3. The highest BCUT2D eigenvalue weighted by Gasteiger charge is 2.23. The van der Waals surface area contributed by atoms with Gasteiger partial charge in [-0.05, 0) is 37.1 Å². The van der Waals surface area contributed by atoms with E-state index in [-0.39, 0.29) is 11.9 Å². The van der Waals surface area contributed by atoms with Crippen LogP contribution in [0.1, 0.15) is 29.2 Å². The van der Waals surface area contributed by atoms with Crippen molar-refractivity contribution in [3.8, 4) is 11.4 Å². The number of nitrogens with zero attached hydrogens (tertiary/aromatic N) is 4. The second-order valence-electron chi connectivity index (χ2n) is 5.80. The summed E-state index contributed by atoms with van der Waals surface area (Å²) in [5, 5.41) is 11.7. The van der Waals surface area contributed by atoms with Crippen molar-refractivity contribution < 1.29 is 9.21 Å². The lowest BCUT2D eigenvalue weighted by Crippen LogP contribution is -2.35. The first kappa shape index (κ1) is 14.6. The summed E-state index contributed by atoms with van der Waals surface area (Å²) in [7, 11) is 0. The fourth-order valence-corrected chi connectivity index (χ4v) is 3.01. The summed E-state index contributed by atoms with van der Waals surface area (Å²) in [4.78, 5) is 16.2. The summed E-state index contributed by atoms with van der Waals surface area (Å²) in [5.74, 6) is 1.98. The van der Waals surface area contributed by atoms with E-state index < -0.39 is 0 Å². The molecule has 0 spiro atoms. The number of hydrogen-bond donors (Lipinski definition) is 1. The molecule has 7 nitrogen and oxygen atoms in total. The number of aryl methyl sites for hydroxylation is 1. The van der Waals surface area contributed by atoms with Crippen molar-refractivity contribution in [3.05, 3.63) is 54.5 Å². The number of carbonyl (C=O) groups is 1. The SMILES string of the molecule is O=C(NC1CCc2nnc(-c3ccncc3)n2CC1)c1ccco1. The molecule has 0 radical (unpaired) electrons. The number of aromatic nitrogens is 4. The molecule has 122 valence electrons. The highest BCUT2D eigenvalue weighted by molar-refractivity contribution is 5.91. The van der Waals surface area contributed by atoms with Crippen molar-refractivity contribution in [1.82, 2.24) is 25.1 Å². The number of fused-ring (bicyclic) bond motifs is 1. The fraction of sp³-hybridized carbons (Fsp3) is 0.294. The number of nitrogens with one attached hydrogen (secondary N) is 1. The topological polar surface area (TPSA) is 85.8 Å². The predicted molar refractivity (Wildman–Crippen MR) is 86.2 cm³/mol. The van der Waals surface area contributed by atoms with Gasteiger partial charge in [0.05, 0.1) is 6.26 Å². The van der Waals surface area contributed by atoms with Crippen LogP contribution in [-0.4, -0.2) is 31.7 Å². The maximum Gasteiger partial charge on any atom is 0.287 e. The van der Waals surface area contributed by atoms with Gasteiger partial charge in [-0.25, -0.2) is 0 Å². The minimum Gasteiger partial charge on any atom is -0.459 e. The molecule has 0 aromatic carbocycles. The van der Waals surface area contributed by atoms with Crippen molar-refractivity contribution in [2.75, 3.05) is 0 Å². The molecule has 1 unspecified atom stereocenters. The second kappa shape index (κ2) is 6.27. The molecule has 4 rings (SSSR count). The number of rotatable bonds is 3. The third-order valence-electron chi connectivity index (χ3n) is 4.26. The Kier molecular flexibility index (Phi) is 3.82. The van der Waals surface area contributed by atoms with Crippen LogP contribution in [0.15, 0.2) is 47.3 Å². The quantitative estimate of drug-likeness (QED) is 0.797. The molecule has 0 saturated carbocycles. The van der Waals surface area contributed by atoms with E-state index >= 15 is 0 Å². The molecule has 7 heteroatoms. The summed E-state index contributed by atoms with van der Waals surface area (Å²) in [6.07, 6.45) is 7.45. The minimum absolute atomic E-state index is 0.0922. The van der Waals surface area contributed by atoms with Crippen LogP contribution in [-0.2, 0) is 13.0 Å². The van der Waals surface area contributed by atoms with Gasteiger partial charge >= 0.3 is 0 Å². The highest BCUT2D eigenvalue weighted by Crippen LogP contribution is 2.22. The minimum atomic E-state index is -0.169. The Labute approximate surface area is 138 Å². The van der Waals surface area contributed by atoms with E-state index in [9.17, 15) is 4.79 Å². The van der Waals surface area contributed by atoms with Crippen LogP contribution in [0.5, 0.6) is 0 Å². The van der Waals surface area contributed by atoms with E-state index in [4.69, 9.17) is 4.42 Å². The molecule has 0 aliphatic carbocycles. The third kappa shape index (κ3) is 2.80. The molecule has 1 aliphatic heterocycles. The Bertz CT molecular complexity index is 826. The summed E-state index contributed by atoms with van der Waals surface area (Å²) < 4.78 is 7.28. The van der Waals surface area contributed by atoms with Crippen LogP contribution >= 0.6 is 0 Å². The number of carbonyl (C=O) groups excluding carboxylic acids is 1. The van der Waals surface area contributed by atoms with Crippen LogP contribution in [0.3, 0.4) is 0 Å². The molecule has 0 saturated heterocycles. The Balaban J connectivity index is 1.49. The van der Waals surface area contributed by atoms with Crippen molar-refractivity contribution in [1.29, 1.82) is 0 Å². The van der Waals surface area contributed by atoms with Gasteiger partial charge < -0.3 is 14.3 Å². The standard InChI is InChI=1S/C17H17N5O2/c23-17(14-2-1-11-24-14)19-13-3-4-15-20-21-16(22(15)10-7-13)12-5-8-18-9-6-12/h1-2,5-6,8-9,11,13H,3-4,7,10H2,(H,19,23). The molecule has 3 aromatic heterocycles. The van der Waals surface area contributed by atoms with Crippen LogP contribution in [0.2, 0.25) is 0 Å². The molecule has 0 bridgehead atoms. The van der Waals surface area contributed by atoms with Crippen LogP contribution < -0.4 is 5.32 Å². The molecule has 24 heavy (non-hydrogen) atoms. The Hall–Kier alpha value is -2.96. The first-order chi connectivity index (χ1) is 11.8. The summed E-state index contributed by atoms with van der Waals surface area (Å²) in [6.45, 7) is 0.767. The van der Waals surface area contributed by atoms with E-state index in [1.54, 1.807) is 24.5 Å². The zero-order valence-electron chi connectivity index (χ0n) is 13.1. The summed E-state index contributed by atoms with van der Waals surface area (Å²) in [5.41, 5.74) is 1.00. The lowest BCUT2D eigenvalue weighted by atomic mass is 10.1. The Morgan fingerprint density at radius 3 is 2.88 bits per heavy atom. The molecular formula is C17H17N5O2. The second-order valence-corrected chi connectivity index (χ2v) is 5.80. The monoisotopic (exact) mass is 323 g/mol. The van der Waals surface area contributed by atoms with Crippen molar-refractivity contribution >= 4 is 5.91 Å². The molecule has 4 heterocycles. The van der Waals surface area contributed by atoms with Gasteiger partial charge in [-0.15, -0.1) is 10.2 Å². The molecule has 0 fully saturated rings. The van der Waals surface area contributed by atoms with E-state index in [2.05, 4.69) is 25.1 Å². The maximum atomic E-state index is 12.1. The van der Waals surface area contributed by atoms with Gasteiger partial charge in [0.15, 0.2) is 11.6 Å². The fourth-order valence-electron chi connectivity index (χ4n) is 3.01. The Morgan fingerprint density at radius 1 is 1.21 bits per heavy atom. The molecular weight excluding hydrogens is 306 g/mol. The smallest absolute Gasteiger partial charge is 0.287 e. The predicted octanol–water partition coefficient (Wildman–Crippen LogP) is 2.07. The molecule has 1 N–H and O–H groups in total.